The van der Waals surface area contributed by atoms with Crippen LogP contribution in [0.15, 0.2) is 29.1 Å². The lowest BCUT2D eigenvalue weighted by Crippen LogP contribution is -2.17. The minimum Gasteiger partial charge on any atom is -0.508 e. The number of phenols is 1. The molecule has 5 heteroatoms. The molecule has 2 N–H and O–H groups in total. The van der Waals surface area contributed by atoms with Crippen LogP contribution in [0.4, 0.5) is 0 Å². The summed E-state index contributed by atoms with van der Waals surface area (Å²) in [6, 6.07) is 6.80. The highest BCUT2D eigenvalue weighted by molar-refractivity contribution is 14.1. The number of phenolic OH excluding ortho intramolecular Hbond substituents is 1. The van der Waals surface area contributed by atoms with Crippen LogP contribution in [0, 0.1) is 3.57 Å². The number of nitrogens with zero attached hydrogens (tertiary/aromatic N) is 1. The molecule has 0 bridgehead atoms. The van der Waals surface area contributed by atoms with Crippen molar-refractivity contribution in [1.82, 2.24) is 9.97 Å². The van der Waals surface area contributed by atoms with Crippen molar-refractivity contribution >= 4 is 22.6 Å². The van der Waals surface area contributed by atoms with E-state index >= 15 is 0 Å². The van der Waals surface area contributed by atoms with Gasteiger partial charge in [-0.25, -0.2) is 4.98 Å². The lowest BCUT2D eigenvalue weighted by Gasteiger charge is -2.12. The molecule has 1 aromatic carbocycles. The number of nitrogens with one attached hydrogen (secondary N) is 1. The van der Waals surface area contributed by atoms with E-state index in [9.17, 15) is 9.90 Å². The number of hydrogen-bond acceptors (Lipinski definition) is 3. The Balaban J connectivity index is 2.11. The molecule has 104 valence electrons. The Kier molecular flexibility index (Phi) is 3.78. The molecule has 1 aromatic heterocycles. The van der Waals surface area contributed by atoms with Crippen molar-refractivity contribution in [3.63, 3.8) is 0 Å². The lowest BCUT2D eigenvalue weighted by atomic mass is 10.0. The zero-order chi connectivity index (χ0) is 14.1. The van der Waals surface area contributed by atoms with Crippen molar-refractivity contribution in [1.29, 1.82) is 0 Å². The van der Waals surface area contributed by atoms with E-state index in [4.69, 9.17) is 0 Å². The van der Waals surface area contributed by atoms with Gasteiger partial charge in [-0.05, 0) is 47.6 Å². The summed E-state index contributed by atoms with van der Waals surface area (Å²) in [5, 5.41) is 9.56. The topological polar surface area (TPSA) is 66.0 Å². The fourth-order valence-electron chi connectivity index (χ4n) is 2.74. The number of aromatic nitrogens is 2. The van der Waals surface area contributed by atoms with E-state index in [2.05, 4.69) is 32.6 Å². The van der Waals surface area contributed by atoms with Crippen molar-refractivity contribution < 1.29 is 5.11 Å². The summed E-state index contributed by atoms with van der Waals surface area (Å²) >= 11 is 2.08. The number of rotatable bonds is 2. The molecule has 0 unspecified atom stereocenters. The fourth-order valence-corrected chi connectivity index (χ4v) is 3.43. The first-order valence-electron chi connectivity index (χ1n) is 6.74. The van der Waals surface area contributed by atoms with Gasteiger partial charge in [-0.3, -0.25) is 4.79 Å². The maximum absolute atomic E-state index is 12.1. The van der Waals surface area contributed by atoms with Gasteiger partial charge in [0.05, 0.1) is 9.26 Å². The lowest BCUT2D eigenvalue weighted by molar-refractivity contribution is 0.475. The van der Waals surface area contributed by atoms with E-state index in [1.165, 1.54) is 12.8 Å². The zero-order valence-electron chi connectivity index (χ0n) is 10.9. The van der Waals surface area contributed by atoms with E-state index < -0.39 is 0 Å². The van der Waals surface area contributed by atoms with E-state index in [-0.39, 0.29) is 11.3 Å². The minimum atomic E-state index is -0.0964. The third-order valence-electron chi connectivity index (χ3n) is 3.75. The van der Waals surface area contributed by atoms with Crippen molar-refractivity contribution in [2.75, 3.05) is 0 Å². The van der Waals surface area contributed by atoms with Gasteiger partial charge in [0.1, 0.15) is 11.6 Å². The van der Waals surface area contributed by atoms with Gasteiger partial charge in [-0.1, -0.05) is 25.0 Å². The molecular weight excluding hydrogens is 367 g/mol. The normalized spacial score (nSPS) is 15.7. The first-order chi connectivity index (χ1) is 9.65. The Labute approximate surface area is 130 Å². The number of aromatic hydroxyl groups is 1. The van der Waals surface area contributed by atoms with E-state index in [0.717, 1.165) is 24.1 Å². The molecule has 1 saturated carbocycles. The van der Waals surface area contributed by atoms with Gasteiger partial charge in [-0.2, -0.15) is 0 Å². The van der Waals surface area contributed by atoms with Gasteiger partial charge < -0.3 is 10.1 Å². The first-order valence-corrected chi connectivity index (χ1v) is 7.82. The van der Waals surface area contributed by atoms with Gasteiger partial charge in [-0.15, -0.1) is 0 Å². The van der Waals surface area contributed by atoms with Gasteiger partial charge in [0.15, 0.2) is 0 Å². The molecule has 0 radical (unpaired) electrons. The zero-order valence-corrected chi connectivity index (χ0v) is 13.1. The molecule has 0 atom stereocenters. The van der Waals surface area contributed by atoms with Crippen molar-refractivity contribution in [2.45, 2.75) is 31.6 Å². The van der Waals surface area contributed by atoms with Crippen LogP contribution < -0.4 is 5.56 Å². The summed E-state index contributed by atoms with van der Waals surface area (Å²) in [5.41, 5.74) is 1.55. The average molecular weight is 382 g/mol. The second kappa shape index (κ2) is 5.55. The highest BCUT2D eigenvalue weighted by atomic mass is 127. The summed E-state index contributed by atoms with van der Waals surface area (Å²) in [5.74, 6) is 1.10. The minimum absolute atomic E-state index is 0.0964. The number of H-pyrrole nitrogens is 1. The number of benzene rings is 1. The third kappa shape index (κ3) is 2.59. The van der Waals surface area contributed by atoms with Crippen LogP contribution in [0.3, 0.4) is 0 Å². The Bertz CT molecular complexity index is 691. The maximum Gasteiger partial charge on any atom is 0.264 e. The maximum atomic E-state index is 12.1. The third-order valence-corrected chi connectivity index (χ3v) is 4.79. The number of halogens is 1. The molecule has 2 aromatic rings. The van der Waals surface area contributed by atoms with Crippen LogP contribution in [0.1, 0.15) is 37.3 Å². The van der Waals surface area contributed by atoms with Crippen molar-refractivity contribution in [3.05, 3.63) is 43.9 Å². The van der Waals surface area contributed by atoms with Crippen LogP contribution in [0.5, 0.6) is 5.75 Å². The molecule has 1 fully saturated rings. The van der Waals surface area contributed by atoms with Crippen LogP contribution in [0.2, 0.25) is 0 Å². The Morgan fingerprint density at radius 1 is 1.30 bits per heavy atom. The quantitative estimate of drug-likeness (QED) is 0.783. The number of hydrogen-bond donors (Lipinski definition) is 2. The summed E-state index contributed by atoms with van der Waals surface area (Å²) in [7, 11) is 0. The summed E-state index contributed by atoms with van der Waals surface area (Å²) < 4.78 is 0.693. The molecular formula is C15H15IN2O2. The smallest absolute Gasteiger partial charge is 0.264 e. The Morgan fingerprint density at radius 2 is 2.05 bits per heavy atom. The van der Waals surface area contributed by atoms with Crippen LogP contribution in [-0.4, -0.2) is 15.1 Å². The fraction of sp³-hybridized carbons (Fsp3) is 0.333. The first kappa shape index (κ1) is 13.6. The molecule has 0 saturated heterocycles. The molecule has 0 spiro atoms. The summed E-state index contributed by atoms with van der Waals surface area (Å²) in [6.45, 7) is 0. The average Bonchev–Trinajstić information content (AvgIpc) is 2.95. The van der Waals surface area contributed by atoms with Crippen molar-refractivity contribution in [2.24, 2.45) is 0 Å². The van der Waals surface area contributed by atoms with E-state index in [1.54, 1.807) is 18.2 Å². The molecule has 0 amide bonds. The Hall–Kier alpha value is -1.37. The molecule has 0 aliphatic heterocycles. The molecule has 1 aliphatic rings. The molecule has 4 nitrogen and oxygen atoms in total. The second-order valence-electron chi connectivity index (χ2n) is 5.15. The summed E-state index contributed by atoms with van der Waals surface area (Å²) in [4.78, 5) is 19.6. The van der Waals surface area contributed by atoms with Crippen LogP contribution in [0.25, 0.3) is 11.4 Å². The standard InChI is InChI=1S/C15H15IN2O2/c16-12-13(9-4-1-2-5-9)17-14(18-15(12)20)10-6-3-7-11(19)8-10/h3,6-9,19H,1-2,4-5H2,(H,17,18,20). The van der Waals surface area contributed by atoms with Crippen LogP contribution in [-0.2, 0) is 0 Å². The van der Waals surface area contributed by atoms with Gasteiger partial charge >= 0.3 is 0 Å². The predicted octanol–water partition coefficient (Wildman–Crippen LogP) is 3.40. The van der Waals surface area contributed by atoms with Crippen LogP contribution >= 0.6 is 22.6 Å². The van der Waals surface area contributed by atoms with Gasteiger partial charge in [0.2, 0.25) is 0 Å². The monoisotopic (exact) mass is 382 g/mol. The molecule has 1 aliphatic carbocycles. The highest BCUT2D eigenvalue weighted by Gasteiger charge is 2.23. The largest absolute Gasteiger partial charge is 0.508 e. The molecule has 3 rings (SSSR count). The highest BCUT2D eigenvalue weighted by Crippen LogP contribution is 2.35. The van der Waals surface area contributed by atoms with Crippen molar-refractivity contribution in [3.8, 4) is 17.1 Å². The summed E-state index contributed by atoms with van der Waals surface area (Å²) in [6.07, 6.45) is 4.62. The van der Waals surface area contributed by atoms with Gasteiger partial charge in [0, 0.05) is 11.5 Å². The van der Waals surface area contributed by atoms with E-state index in [0.29, 0.717) is 15.3 Å². The molecule has 1 heterocycles. The van der Waals surface area contributed by atoms with Gasteiger partial charge in [0.25, 0.3) is 5.56 Å². The number of aromatic amines is 1. The predicted molar refractivity (Wildman–Crippen MR) is 85.9 cm³/mol. The second-order valence-corrected chi connectivity index (χ2v) is 6.22. The molecule has 20 heavy (non-hydrogen) atoms. The Morgan fingerprint density at radius 3 is 2.75 bits per heavy atom. The SMILES string of the molecule is O=c1[nH]c(-c2cccc(O)c2)nc(C2CCCC2)c1I. The van der Waals surface area contributed by atoms with E-state index in [1.807, 2.05) is 6.07 Å².